The topological polar surface area (TPSA) is 63.2 Å². The molecule has 0 aromatic rings. The summed E-state index contributed by atoms with van der Waals surface area (Å²) in [5.41, 5.74) is 0.326. The van der Waals surface area contributed by atoms with Crippen LogP contribution in [0.25, 0.3) is 0 Å². The van der Waals surface area contributed by atoms with Crippen LogP contribution in [0.4, 0.5) is 0 Å². The molecule has 0 amide bonds. The third kappa shape index (κ3) is 15.3. The number of ether oxygens (including phenoxy) is 1. The Labute approximate surface area is 154 Å². The first-order valence-electron chi connectivity index (χ1n) is 7.20. The summed E-state index contributed by atoms with van der Waals surface area (Å²) in [5, 5.41) is 0. The van der Waals surface area contributed by atoms with Gasteiger partial charge in [-0.15, -0.1) is 0 Å². The van der Waals surface area contributed by atoms with Gasteiger partial charge in [-0.05, 0) is 34.6 Å². The minimum absolute atomic E-state index is 0.0372. The Bertz CT molecular complexity index is 373. The van der Waals surface area contributed by atoms with Crippen LogP contribution < -0.4 is 0 Å². The van der Waals surface area contributed by atoms with Crippen molar-refractivity contribution in [3.8, 4) is 0 Å². The number of rotatable bonds is 12. The van der Waals surface area contributed by atoms with Gasteiger partial charge in [-0.1, -0.05) is 38.4 Å². The lowest BCUT2D eigenvalue weighted by Gasteiger charge is -2.21. The third-order valence-electron chi connectivity index (χ3n) is 2.14. The molecular formula is C15H26Br2O6. The first-order valence-corrected chi connectivity index (χ1v) is 8.78. The zero-order valence-electron chi connectivity index (χ0n) is 14.3. The molecule has 0 aliphatic heterocycles. The van der Waals surface area contributed by atoms with Crippen molar-refractivity contribution in [1.82, 2.24) is 0 Å². The van der Waals surface area contributed by atoms with Gasteiger partial charge in [-0.3, -0.25) is 0 Å². The van der Waals surface area contributed by atoms with Gasteiger partial charge in [0, 0.05) is 16.3 Å². The van der Waals surface area contributed by atoms with E-state index < -0.39 is 16.6 Å². The molecule has 6 nitrogen and oxygen atoms in total. The molecule has 1 unspecified atom stereocenters. The molecule has 0 aromatic carbocycles. The van der Waals surface area contributed by atoms with Crippen molar-refractivity contribution >= 4 is 37.8 Å². The fourth-order valence-electron chi connectivity index (χ4n) is 1.08. The molecule has 0 rings (SSSR count). The second-order valence-electron chi connectivity index (χ2n) is 6.14. The maximum Gasteiger partial charge on any atom is 0.333 e. The molecule has 0 saturated heterocycles. The molecule has 0 heterocycles. The van der Waals surface area contributed by atoms with Crippen LogP contribution in [0, 0.1) is 0 Å². The molecule has 0 aromatic heterocycles. The van der Waals surface area contributed by atoms with Crippen molar-refractivity contribution in [2.24, 2.45) is 0 Å². The van der Waals surface area contributed by atoms with Crippen molar-refractivity contribution in [2.45, 2.75) is 56.0 Å². The summed E-state index contributed by atoms with van der Waals surface area (Å²) in [6, 6.07) is 0. The molecule has 0 aliphatic carbocycles. The molecule has 0 fully saturated rings. The van der Waals surface area contributed by atoms with E-state index >= 15 is 0 Å². The van der Waals surface area contributed by atoms with Gasteiger partial charge in [-0.2, -0.15) is 0 Å². The Morgan fingerprint density at radius 3 is 2.26 bits per heavy atom. The Morgan fingerprint density at radius 1 is 1.17 bits per heavy atom. The second-order valence-corrected chi connectivity index (χ2v) is 10.2. The van der Waals surface area contributed by atoms with Gasteiger partial charge < -0.3 is 4.74 Å². The van der Waals surface area contributed by atoms with Gasteiger partial charge in [0.25, 0.3) is 0 Å². The molecule has 0 N–H and O–H groups in total. The molecule has 23 heavy (non-hydrogen) atoms. The van der Waals surface area contributed by atoms with Crippen molar-refractivity contribution < 1.29 is 29.1 Å². The van der Waals surface area contributed by atoms with E-state index in [9.17, 15) is 4.79 Å². The molecular weight excluding hydrogens is 436 g/mol. The fourth-order valence-corrected chi connectivity index (χ4v) is 1.27. The Hall–Kier alpha value is 0.01000. The van der Waals surface area contributed by atoms with E-state index in [2.05, 4.69) is 38.4 Å². The lowest BCUT2D eigenvalue weighted by atomic mass is 10.2. The highest BCUT2D eigenvalue weighted by Crippen LogP contribution is 2.18. The lowest BCUT2D eigenvalue weighted by molar-refractivity contribution is -0.351. The minimum atomic E-state index is -0.577. The Kier molecular flexibility index (Phi) is 10.8. The normalized spacial score (nSPS) is 13.7. The second kappa shape index (κ2) is 10.8. The highest BCUT2D eigenvalue weighted by molar-refractivity contribution is 9.10. The average Bonchev–Trinajstić information content (AvgIpc) is 2.36. The van der Waals surface area contributed by atoms with Gasteiger partial charge in [0.05, 0.1) is 13.2 Å². The Morgan fingerprint density at radius 2 is 1.78 bits per heavy atom. The van der Waals surface area contributed by atoms with Crippen molar-refractivity contribution in [3.63, 3.8) is 0 Å². The molecule has 136 valence electrons. The number of carbonyl (C=O) groups excluding carboxylic acids is 1. The molecule has 0 bridgehead atoms. The van der Waals surface area contributed by atoms with E-state index in [0.717, 1.165) is 0 Å². The number of esters is 1. The first kappa shape index (κ1) is 23.0. The molecule has 0 saturated carbocycles. The summed E-state index contributed by atoms with van der Waals surface area (Å²) in [6.07, 6.45) is -0.0508. The number of halogens is 2. The van der Waals surface area contributed by atoms with E-state index in [0.29, 0.717) is 18.6 Å². The summed E-state index contributed by atoms with van der Waals surface area (Å²) in [6.45, 7) is 13.2. The van der Waals surface area contributed by atoms with Crippen LogP contribution in [0.1, 0.15) is 41.0 Å². The van der Waals surface area contributed by atoms with Crippen LogP contribution in [-0.4, -0.2) is 40.7 Å². The highest BCUT2D eigenvalue weighted by atomic mass is 79.9. The van der Waals surface area contributed by atoms with Gasteiger partial charge in [-0.25, -0.2) is 24.3 Å². The van der Waals surface area contributed by atoms with Gasteiger partial charge >= 0.3 is 5.97 Å². The van der Waals surface area contributed by atoms with E-state index in [-0.39, 0.29) is 17.5 Å². The zero-order chi connectivity index (χ0) is 18.1. The van der Waals surface area contributed by atoms with Crippen LogP contribution in [-0.2, 0) is 29.1 Å². The molecule has 1 atom stereocenters. The molecule has 0 aliphatic rings. The molecule has 0 spiro atoms. The summed E-state index contributed by atoms with van der Waals surface area (Å²) in [4.78, 5) is 32.1. The number of alkyl halides is 2. The van der Waals surface area contributed by atoms with Crippen LogP contribution in [0.5, 0.6) is 0 Å². The summed E-state index contributed by atoms with van der Waals surface area (Å²) < 4.78 is 4.29. The number of hydrogen-bond donors (Lipinski definition) is 0. The van der Waals surface area contributed by atoms with Crippen LogP contribution >= 0.6 is 31.9 Å². The van der Waals surface area contributed by atoms with Gasteiger partial charge in [0.2, 0.25) is 0 Å². The largest absolute Gasteiger partial charge is 0.459 e. The SMILES string of the molecule is C=C(C)C(=O)OCC(CCOOC(C)(C)Br)OOCC(C)(C)Br. The summed E-state index contributed by atoms with van der Waals surface area (Å²) in [5.74, 6) is -0.474. The van der Waals surface area contributed by atoms with E-state index in [1.165, 1.54) is 0 Å². The predicted octanol–water partition coefficient (Wildman–Crippen LogP) is 4.07. The molecule has 8 heteroatoms. The van der Waals surface area contributed by atoms with Crippen molar-refractivity contribution in [1.29, 1.82) is 0 Å². The monoisotopic (exact) mass is 460 g/mol. The molecule has 0 radical (unpaired) electrons. The summed E-state index contributed by atoms with van der Waals surface area (Å²) in [7, 11) is 0. The van der Waals surface area contributed by atoms with Gasteiger partial charge in [0.1, 0.15) is 12.7 Å². The van der Waals surface area contributed by atoms with E-state index in [4.69, 9.17) is 24.3 Å². The van der Waals surface area contributed by atoms with Crippen molar-refractivity contribution in [3.05, 3.63) is 12.2 Å². The first-order chi connectivity index (χ1) is 10.4. The standard InChI is InChI=1S/C15H26Br2O6/c1-11(2)13(18)19-9-12(22-21-10-14(3,4)16)7-8-20-23-15(5,6)17/h12H,1,7-10H2,2-6H3. The van der Waals surface area contributed by atoms with Crippen LogP contribution in [0.15, 0.2) is 12.2 Å². The van der Waals surface area contributed by atoms with Crippen LogP contribution in [0.2, 0.25) is 0 Å². The minimum Gasteiger partial charge on any atom is -0.459 e. The van der Waals surface area contributed by atoms with Gasteiger partial charge in [0.15, 0.2) is 4.51 Å². The predicted molar refractivity (Wildman–Crippen MR) is 94.3 cm³/mol. The fraction of sp³-hybridized carbons (Fsp3) is 0.800. The maximum absolute atomic E-state index is 11.5. The third-order valence-corrected chi connectivity index (χ3v) is 2.50. The van der Waals surface area contributed by atoms with E-state index in [1.54, 1.807) is 20.8 Å². The van der Waals surface area contributed by atoms with Crippen molar-refractivity contribution in [2.75, 3.05) is 19.8 Å². The quantitative estimate of drug-likeness (QED) is 0.109. The van der Waals surface area contributed by atoms with E-state index in [1.807, 2.05) is 13.8 Å². The summed E-state index contributed by atoms with van der Waals surface area (Å²) >= 11 is 6.73. The smallest absolute Gasteiger partial charge is 0.333 e. The average molecular weight is 462 g/mol. The number of hydrogen-bond acceptors (Lipinski definition) is 6. The maximum atomic E-state index is 11.5. The number of carbonyl (C=O) groups is 1. The Balaban J connectivity index is 4.25. The van der Waals surface area contributed by atoms with Crippen LogP contribution in [0.3, 0.4) is 0 Å². The zero-order valence-corrected chi connectivity index (χ0v) is 17.5. The highest BCUT2D eigenvalue weighted by Gasteiger charge is 2.19. The lowest BCUT2D eigenvalue weighted by Crippen LogP contribution is -2.28.